The summed E-state index contributed by atoms with van der Waals surface area (Å²) in [6.07, 6.45) is 17.2. The van der Waals surface area contributed by atoms with Crippen LogP contribution in [-0.2, 0) is 6.54 Å². The molecule has 0 saturated carbocycles. The smallest absolute Gasteiger partial charge is 0.104 e. The fourth-order valence-corrected chi connectivity index (χ4v) is 3.54. The molecular formula is C23H42ClNNa. The standard InChI is InChI=1S/C23H42N.ClH.Na/c1-4-5-6-7-8-9-10-11-12-13-14-18-21-24(2,3)22-23-19-16-15-17-20-23;;/h15-17,19-20H,4-14,18,21-22H2,1-3H3;1H;/q+1;;/p-1. The zero-order valence-electron chi connectivity index (χ0n) is 18.1. The van der Waals surface area contributed by atoms with E-state index in [1.807, 2.05) is 0 Å². The van der Waals surface area contributed by atoms with Crippen molar-refractivity contribution < 1.29 is 16.9 Å². The van der Waals surface area contributed by atoms with Crippen LogP contribution in [0.2, 0.25) is 0 Å². The molecule has 1 nitrogen and oxygen atoms in total. The van der Waals surface area contributed by atoms with Gasteiger partial charge in [0, 0.05) is 35.1 Å². The summed E-state index contributed by atoms with van der Waals surface area (Å²) in [6, 6.07) is 10.9. The van der Waals surface area contributed by atoms with E-state index in [0.29, 0.717) is 0 Å². The second-order valence-electron chi connectivity index (χ2n) is 8.19. The van der Waals surface area contributed by atoms with Gasteiger partial charge >= 0.3 is 0 Å². The summed E-state index contributed by atoms with van der Waals surface area (Å²) in [5.41, 5.74) is 1.46. The van der Waals surface area contributed by atoms with Crippen molar-refractivity contribution in [1.82, 2.24) is 0 Å². The summed E-state index contributed by atoms with van der Waals surface area (Å²) in [7, 11) is 4.73. The SMILES string of the molecule is CCCCCCCCCCCCCC[N+](C)(C)Cc1ccccc1.[Cl-].[Na]. The van der Waals surface area contributed by atoms with Crippen LogP contribution >= 0.6 is 0 Å². The number of quaternary nitrogens is 1. The Balaban J connectivity index is 0. The number of rotatable bonds is 15. The average molecular weight is 391 g/mol. The van der Waals surface area contributed by atoms with Crippen LogP contribution in [0.25, 0.3) is 0 Å². The van der Waals surface area contributed by atoms with Crippen molar-refractivity contribution >= 4 is 29.6 Å². The van der Waals surface area contributed by atoms with Gasteiger partial charge in [0.15, 0.2) is 0 Å². The molecular weight excluding hydrogens is 349 g/mol. The molecule has 0 unspecified atom stereocenters. The predicted octanol–water partition coefficient (Wildman–Crippen LogP) is 3.59. The van der Waals surface area contributed by atoms with Crippen molar-refractivity contribution in [1.29, 1.82) is 0 Å². The number of nitrogens with zero attached hydrogens (tertiary/aromatic N) is 1. The van der Waals surface area contributed by atoms with E-state index in [1.165, 1.54) is 89.2 Å². The maximum absolute atomic E-state index is 2.37. The number of hydrogen-bond acceptors (Lipinski definition) is 0. The van der Waals surface area contributed by atoms with Crippen LogP contribution in [-0.4, -0.2) is 54.7 Å². The quantitative estimate of drug-likeness (QED) is 0.244. The van der Waals surface area contributed by atoms with Crippen molar-refractivity contribution in [2.75, 3.05) is 20.6 Å². The van der Waals surface area contributed by atoms with E-state index in [2.05, 4.69) is 51.4 Å². The van der Waals surface area contributed by atoms with Crippen molar-refractivity contribution in [3.05, 3.63) is 35.9 Å². The molecule has 1 radical (unpaired) electrons. The summed E-state index contributed by atoms with van der Waals surface area (Å²) < 4.78 is 1.11. The van der Waals surface area contributed by atoms with Crippen molar-refractivity contribution in [2.24, 2.45) is 0 Å². The first-order valence-corrected chi connectivity index (χ1v) is 10.5. The summed E-state index contributed by atoms with van der Waals surface area (Å²) in [5.74, 6) is 0. The molecule has 147 valence electrons. The molecule has 3 heteroatoms. The zero-order chi connectivity index (χ0) is 17.5. The number of hydrogen-bond donors (Lipinski definition) is 0. The minimum absolute atomic E-state index is 0. The van der Waals surface area contributed by atoms with Gasteiger partial charge in [-0.25, -0.2) is 0 Å². The van der Waals surface area contributed by atoms with E-state index in [1.54, 1.807) is 0 Å². The number of halogens is 1. The second kappa shape index (κ2) is 18.8. The molecule has 0 aromatic heterocycles. The Hall–Kier alpha value is 0.470. The Morgan fingerprint density at radius 2 is 1.08 bits per heavy atom. The van der Waals surface area contributed by atoms with Crippen LogP contribution in [0.5, 0.6) is 0 Å². The van der Waals surface area contributed by atoms with E-state index in [-0.39, 0.29) is 42.0 Å². The second-order valence-corrected chi connectivity index (χ2v) is 8.19. The summed E-state index contributed by atoms with van der Waals surface area (Å²) >= 11 is 0. The van der Waals surface area contributed by atoms with Gasteiger partial charge in [0.1, 0.15) is 6.54 Å². The molecule has 0 bridgehead atoms. The van der Waals surface area contributed by atoms with Crippen molar-refractivity contribution in [3.8, 4) is 0 Å². The van der Waals surface area contributed by atoms with Crippen LogP contribution in [0.4, 0.5) is 0 Å². The van der Waals surface area contributed by atoms with Crippen LogP contribution in [0, 0.1) is 0 Å². The molecule has 0 aliphatic rings. The summed E-state index contributed by atoms with van der Waals surface area (Å²) in [6.45, 7) is 4.74. The zero-order valence-corrected chi connectivity index (χ0v) is 20.9. The third kappa shape index (κ3) is 16.6. The Kier molecular flexibility index (Phi) is 20.8. The average Bonchev–Trinajstić information content (AvgIpc) is 2.56. The Morgan fingerprint density at radius 1 is 0.654 bits per heavy atom. The minimum atomic E-state index is 0. The first-order chi connectivity index (χ1) is 11.6. The predicted molar refractivity (Wildman–Crippen MR) is 114 cm³/mol. The third-order valence-corrected chi connectivity index (χ3v) is 5.07. The van der Waals surface area contributed by atoms with Crippen molar-refractivity contribution in [3.63, 3.8) is 0 Å². The van der Waals surface area contributed by atoms with E-state index >= 15 is 0 Å². The van der Waals surface area contributed by atoms with E-state index in [9.17, 15) is 0 Å². The van der Waals surface area contributed by atoms with Gasteiger partial charge in [-0.1, -0.05) is 101 Å². The largest absolute Gasteiger partial charge is 1.00 e. The van der Waals surface area contributed by atoms with E-state index < -0.39 is 0 Å². The van der Waals surface area contributed by atoms with Gasteiger partial charge in [-0.05, 0) is 12.8 Å². The van der Waals surface area contributed by atoms with Crippen LogP contribution in [0.1, 0.15) is 89.5 Å². The number of benzene rings is 1. The third-order valence-electron chi connectivity index (χ3n) is 5.07. The molecule has 26 heavy (non-hydrogen) atoms. The first kappa shape index (κ1) is 28.7. The van der Waals surface area contributed by atoms with Crippen LogP contribution < -0.4 is 12.4 Å². The van der Waals surface area contributed by atoms with E-state index in [4.69, 9.17) is 0 Å². The monoisotopic (exact) mass is 390 g/mol. The Morgan fingerprint density at radius 3 is 1.54 bits per heavy atom. The number of unbranched alkanes of at least 4 members (excludes halogenated alkanes) is 11. The Labute approximate surface area is 192 Å². The topological polar surface area (TPSA) is 0 Å². The molecule has 0 N–H and O–H groups in total. The van der Waals surface area contributed by atoms with Crippen molar-refractivity contribution in [2.45, 2.75) is 90.5 Å². The van der Waals surface area contributed by atoms with Gasteiger partial charge in [0.2, 0.25) is 0 Å². The van der Waals surface area contributed by atoms with Gasteiger partial charge in [-0.15, -0.1) is 0 Å². The molecule has 1 aromatic carbocycles. The van der Waals surface area contributed by atoms with Crippen LogP contribution in [0.3, 0.4) is 0 Å². The molecule has 0 amide bonds. The molecule has 0 fully saturated rings. The normalized spacial score (nSPS) is 10.9. The minimum Gasteiger partial charge on any atom is -1.00 e. The van der Waals surface area contributed by atoms with Gasteiger partial charge < -0.3 is 16.9 Å². The maximum atomic E-state index is 2.37. The molecule has 0 aliphatic heterocycles. The maximum Gasteiger partial charge on any atom is 0.104 e. The van der Waals surface area contributed by atoms with Gasteiger partial charge in [-0.3, -0.25) is 0 Å². The molecule has 1 aromatic rings. The molecule has 1 rings (SSSR count). The molecule has 0 heterocycles. The van der Waals surface area contributed by atoms with E-state index in [0.717, 1.165) is 11.0 Å². The van der Waals surface area contributed by atoms with Gasteiger partial charge in [0.05, 0.1) is 20.6 Å². The van der Waals surface area contributed by atoms with Crippen LogP contribution in [0.15, 0.2) is 30.3 Å². The molecule has 0 atom stereocenters. The molecule has 0 spiro atoms. The summed E-state index contributed by atoms with van der Waals surface area (Å²) in [4.78, 5) is 0. The Bertz CT molecular complexity index is 394. The van der Waals surface area contributed by atoms with Gasteiger partial charge in [0.25, 0.3) is 0 Å². The molecule has 0 saturated heterocycles. The fourth-order valence-electron chi connectivity index (χ4n) is 3.54. The molecule has 0 aliphatic carbocycles. The van der Waals surface area contributed by atoms with Gasteiger partial charge in [-0.2, -0.15) is 0 Å². The fraction of sp³-hybridized carbons (Fsp3) is 0.739. The summed E-state index contributed by atoms with van der Waals surface area (Å²) in [5, 5.41) is 0. The first-order valence-electron chi connectivity index (χ1n) is 10.5.